The highest BCUT2D eigenvalue weighted by Crippen LogP contribution is 2.65. The van der Waals surface area contributed by atoms with Crippen LogP contribution in [0, 0.1) is 40.9 Å². The Kier molecular flexibility index (Phi) is 6.52. The predicted molar refractivity (Wildman–Crippen MR) is 96.5 cm³/mol. The molecule has 2 aliphatic carbocycles. The van der Waals surface area contributed by atoms with Gasteiger partial charge in [0.2, 0.25) is 0 Å². The minimum Gasteiger partial charge on any atom is -0.374 e. The smallest absolute Gasteiger partial charge is 0.374 e. The summed E-state index contributed by atoms with van der Waals surface area (Å²) in [6, 6.07) is 0. The molecule has 166 valence electrons. The average Bonchev–Trinajstić information content (AvgIpc) is 3.09. The van der Waals surface area contributed by atoms with Gasteiger partial charge in [0.25, 0.3) is 5.60 Å². The molecule has 2 fully saturated rings. The van der Waals surface area contributed by atoms with Crippen molar-refractivity contribution < 1.29 is 31.4 Å². The summed E-state index contributed by atoms with van der Waals surface area (Å²) in [4.78, 5) is 0. The van der Waals surface area contributed by atoms with Crippen LogP contribution < -0.4 is 0 Å². The summed E-state index contributed by atoms with van der Waals surface area (Å²) < 4.78 is 79.4. The molecule has 0 aliphatic heterocycles. The second kappa shape index (κ2) is 7.66. The molecule has 2 saturated carbocycles. The molecular formula is C21H34F6O. The molecule has 1 N–H and O–H groups in total. The van der Waals surface area contributed by atoms with Gasteiger partial charge in [-0.15, -0.1) is 0 Å². The van der Waals surface area contributed by atoms with E-state index in [1.165, 1.54) is 0 Å². The van der Waals surface area contributed by atoms with E-state index in [0.717, 1.165) is 19.3 Å². The van der Waals surface area contributed by atoms with E-state index in [1.807, 2.05) is 0 Å². The summed E-state index contributed by atoms with van der Waals surface area (Å²) in [5, 5.41) is 9.74. The van der Waals surface area contributed by atoms with Crippen molar-refractivity contribution in [3.05, 3.63) is 0 Å². The zero-order valence-electron chi connectivity index (χ0n) is 17.4. The van der Waals surface area contributed by atoms with Crippen molar-refractivity contribution >= 4 is 0 Å². The normalized spacial score (nSPS) is 32.8. The number of alkyl halides is 6. The first kappa shape index (κ1) is 23.8. The zero-order chi connectivity index (χ0) is 21.7. The Labute approximate surface area is 164 Å². The molecule has 0 amide bonds. The molecule has 0 aromatic heterocycles. The van der Waals surface area contributed by atoms with Gasteiger partial charge < -0.3 is 5.11 Å². The van der Waals surface area contributed by atoms with Crippen LogP contribution in [0.5, 0.6) is 0 Å². The molecule has 6 atom stereocenters. The van der Waals surface area contributed by atoms with E-state index >= 15 is 0 Å². The van der Waals surface area contributed by atoms with Crippen molar-refractivity contribution in [3.63, 3.8) is 0 Å². The Morgan fingerprint density at radius 3 is 1.93 bits per heavy atom. The van der Waals surface area contributed by atoms with Crippen molar-refractivity contribution in [1.82, 2.24) is 0 Å². The first-order valence-corrected chi connectivity index (χ1v) is 10.5. The molecular weight excluding hydrogens is 382 g/mol. The molecule has 0 heterocycles. The zero-order valence-corrected chi connectivity index (χ0v) is 17.4. The lowest BCUT2D eigenvalue weighted by Gasteiger charge is -2.48. The van der Waals surface area contributed by atoms with Gasteiger partial charge in [0.05, 0.1) is 0 Å². The Morgan fingerprint density at radius 1 is 0.964 bits per heavy atom. The lowest BCUT2D eigenvalue weighted by molar-refractivity contribution is -0.373. The van der Waals surface area contributed by atoms with E-state index in [1.54, 1.807) is 0 Å². The summed E-state index contributed by atoms with van der Waals surface area (Å²) in [7, 11) is 0. The highest BCUT2D eigenvalue weighted by atomic mass is 19.4. The van der Waals surface area contributed by atoms with Crippen molar-refractivity contribution in [1.29, 1.82) is 0 Å². The predicted octanol–water partition coefficient (Wildman–Crippen LogP) is 6.99. The molecule has 1 nitrogen and oxygen atoms in total. The van der Waals surface area contributed by atoms with Gasteiger partial charge in [-0.05, 0) is 66.6 Å². The van der Waals surface area contributed by atoms with Gasteiger partial charge in [0, 0.05) is 0 Å². The number of rotatable bonds is 7. The number of aliphatic hydroxyl groups is 1. The lowest BCUT2D eigenvalue weighted by atomic mass is 9.57. The Bertz CT molecular complexity index is 524. The van der Waals surface area contributed by atoms with Gasteiger partial charge >= 0.3 is 12.4 Å². The summed E-state index contributed by atoms with van der Waals surface area (Å²) in [5.41, 5.74) is -4.77. The Morgan fingerprint density at radius 2 is 1.50 bits per heavy atom. The SMILES string of the molecule is CCCC(C)(C)C1C2CC(CC2CC(O)(C(F)(F)F)C(F)(F)F)C1C(C)CC. The molecule has 0 aromatic carbocycles. The van der Waals surface area contributed by atoms with E-state index in [0.29, 0.717) is 24.7 Å². The van der Waals surface area contributed by atoms with E-state index in [-0.39, 0.29) is 23.2 Å². The largest absolute Gasteiger partial charge is 0.426 e. The van der Waals surface area contributed by atoms with Crippen LogP contribution in [0.2, 0.25) is 0 Å². The Balaban J connectivity index is 2.36. The lowest BCUT2D eigenvalue weighted by Crippen LogP contribution is -2.58. The molecule has 0 aromatic rings. The first-order valence-electron chi connectivity index (χ1n) is 10.5. The minimum atomic E-state index is -5.72. The van der Waals surface area contributed by atoms with Crippen LogP contribution in [0.15, 0.2) is 0 Å². The van der Waals surface area contributed by atoms with Gasteiger partial charge in [-0.25, -0.2) is 0 Å². The van der Waals surface area contributed by atoms with Crippen molar-refractivity contribution in [3.8, 4) is 0 Å². The van der Waals surface area contributed by atoms with Crippen molar-refractivity contribution in [2.24, 2.45) is 40.9 Å². The van der Waals surface area contributed by atoms with E-state index in [9.17, 15) is 31.4 Å². The maximum Gasteiger partial charge on any atom is 0.426 e. The van der Waals surface area contributed by atoms with Gasteiger partial charge in [-0.2, -0.15) is 26.3 Å². The number of hydrogen-bond donors (Lipinski definition) is 1. The molecule has 2 aliphatic rings. The minimum absolute atomic E-state index is 0.0943. The van der Waals surface area contributed by atoms with Crippen molar-refractivity contribution in [2.45, 2.75) is 91.1 Å². The molecule has 28 heavy (non-hydrogen) atoms. The van der Waals surface area contributed by atoms with Crippen LogP contribution in [-0.2, 0) is 0 Å². The fourth-order valence-electron chi connectivity index (χ4n) is 6.54. The first-order chi connectivity index (χ1) is 12.6. The summed E-state index contributed by atoms with van der Waals surface area (Å²) >= 11 is 0. The highest BCUT2D eigenvalue weighted by Gasteiger charge is 2.72. The summed E-state index contributed by atoms with van der Waals surface area (Å²) in [6.07, 6.45) is -8.91. The molecule has 0 spiro atoms. The molecule has 6 unspecified atom stereocenters. The van der Waals surface area contributed by atoms with Crippen LogP contribution in [0.25, 0.3) is 0 Å². The summed E-state index contributed by atoms with van der Waals surface area (Å²) in [6.45, 7) is 10.5. The third-order valence-corrected chi connectivity index (χ3v) is 7.80. The van der Waals surface area contributed by atoms with Crippen LogP contribution in [-0.4, -0.2) is 23.1 Å². The fraction of sp³-hybridized carbons (Fsp3) is 1.00. The van der Waals surface area contributed by atoms with Crippen LogP contribution in [0.1, 0.15) is 73.1 Å². The second-order valence-electron chi connectivity index (χ2n) is 9.94. The maximum atomic E-state index is 13.2. The van der Waals surface area contributed by atoms with E-state index in [4.69, 9.17) is 0 Å². The van der Waals surface area contributed by atoms with Gasteiger partial charge in [-0.3, -0.25) is 0 Å². The van der Waals surface area contributed by atoms with Gasteiger partial charge in [0.1, 0.15) is 0 Å². The number of halogens is 6. The highest BCUT2D eigenvalue weighted by molar-refractivity contribution is 5.08. The monoisotopic (exact) mass is 416 g/mol. The second-order valence-corrected chi connectivity index (χ2v) is 9.94. The van der Waals surface area contributed by atoms with E-state index < -0.39 is 30.3 Å². The van der Waals surface area contributed by atoms with Gasteiger partial charge in [0.15, 0.2) is 0 Å². The Hall–Kier alpha value is -0.460. The molecule has 7 heteroatoms. The van der Waals surface area contributed by atoms with Gasteiger partial charge in [-0.1, -0.05) is 47.5 Å². The number of hydrogen-bond acceptors (Lipinski definition) is 1. The summed E-state index contributed by atoms with van der Waals surface area (Å²) in [5.74, 6) is 0.0222. The van der Waals surface area contributed by atoms with E-state index in [2.05, 4.69) is 34.6 Å². The third-order valence-electron chi connectivity index (χ3n) is 7.80. The number of fused-ring (bicyclic) bond motifs is 2. The standard InChI is InChI=1S/C21H34F6O/c1-6-8-18(4,5)17-15-10-13(16(17)12(3)7-2)9-14(15)11-19(28,20(22,23)24)21(25,26)27/h12-17,28H,6-11H2,1-5H3. The topological polar surface area (TPSA) is 20.2 Å². The van der Waals surface area contributed by atoms with Crippen LogP contribution >= 0.6 is 0 Å². The maximum absolute atomic E-state index is 13.2. The molecule has 2 bridgehead atoms. The van der Waals surface area contributed by atoms with Crippen LogP contribution in [0.4, 0.5) is 26.3 Å². The third kappa shape index (κ3) is 3.93. The van der Waals surface area contributed by atoms with Crippen molar-refractivity contribution in [2.75, 3.05) is 0 Å². The molecule has 0 radical (unpaired) electrons. The fourth-order valence-corrected chi connectivity index (χ4v) is 6.54. The average molecular weight is 416 g/mol. The van der Waals surface area contributed by atoms with Crippen LogP contribution in [0.3, 0.4) is 0 Å². The molecule has 2 rings (SSSR count). The molecule has 0 saturated heterocycles. The quantitative estimate of drug-likeness (QED) is 0.443.